The fourth-order valence-corrected chi connectivity index (χ4v) is 5.42. The van der Waals surface area contributed by atoms with E-state index in [2.05, 4.69) is 12.2 Å². The predicted molar refractivity (Wildman–Crippen MR) is 132 cm³/mol. The molecular weight excluding hydrogens is 448 g/mol. The SMILES string of the molecule is CCCCc1cc(=O)oc2c(C)c(OCC(=O)NCC(=O)N3CC[C@]4(O)CCCC[C@H]4C3)ccc12. The van der Waals surface area contributed by atoms with E-state index < -0.39 is 17.1 Å². The molecule has 190 valence electrons. The molecule has 1 aromatic carbocycles. The fourth-order valence-electron chi connectivity index (χ4n) is 5.42. The summed E-state index contributed by atoms with van der Waals surface area (Å²) in [5.74, 6) is 0.0326. The highest BCUT2D eigenvalue weighted by molar-refractivity contribution is 5.86. The van der Waals surface area contributed by atoms with Crippen molar-refractivity contribution in [2.45, 2.75) is 70.8 Å². The van der Waals surface area contributed by atoms with Crippen LogP contribution in [0.15, 0.2) is 27.4 Å². The van der Waals surface area contributed by atoms with Crippen molar-refractivity contribution in [3.8, 4) is 5.75 Å². The van der Waals surface area contributed by atoms with Crippen molar-refractivity contribution in [1.29, 1.82) is 0 Å². The van der Waals surface area contributed by atoms with Crippen LogP contribution in [0.5, 0.6) is 5.75 Å². The first kappa shape index (κ1) is 25.2. The lowest BCUT2D eigenvalue weighted by Crippen LogP contribution is -2.56. The molecule has 1 saturated carbocycles. The van der Waals surface area contributed by atoms with Gasteiger partial charge in [0.25, 0.3) is 5.91 Å². The van der Waals surface area contributed by atoms with Crippen LogP contribution in [-0.2, 0) is 16.0 Å². The Morgan fingerprint density at radius 3 is 2.91 bits per heavy atom. The third-order valence-electron chi connectivity index (χ3n) is 7.57. The number of nitrogens with one attached hydrogen (secondary N) is 1. The van der Waals surface area contributed by atoms with E-state index in [9.17, 15) is 19.5 Å². The number of benzene rings is 1. The van der Waals surface area contributed by atoms with Gasteiger partial charge in [-0.3, -0.25) is 9.59 Å². The third kappa shape index (κ3) is 5.69. The Morgan fingerprint density at radius 2 is 2.11 bits per heavy atom. The van der Waals surface area contributed by atoms with Crippen LogP contribution in [0.2, 0.25) is 0 Å². The number of piperidine rings is 1. The number of rotatable bonds is 8. The molecule has 2 fully saturated rings. The highest BCUT2D eigenvalue weighted by Crippen LogP contribution is 2.39. The van der Waals surface area contributed by atoms with Gasteiger partial charge in [0.1, 0.15) is 11.3 Å². The van der Waals surface area contributed by atoms with Gasteiger partial charge < -0.3 is 24.5 Å². The van der Waals surface area contributed by atoms with Crippen LogP contribution in [0.3, 0.4) is 0 Å². The first-order valence-electron chi connectivity index (χ1n) is 12.8. The molecule has 1 aromatic heterocycles. The fraction of sp³-hybridized carbons (Fsp3) is 0.593. The lowest BCUT2D eigenvalue weighted by Gasteiger charge is -2.47. The van der Waals surface area contributed by atoms with Gasteiger partial charge in [-0.2, -0.15) is 0 Å². The van der Waals surface area contributed by atoms with Crippen LogP contribution in [0.4, 0.5) is 0 Å². The standard InChI is InChI=1S/C27H36N2O6/c1-3-4-7-19-14-25(32)35-26-18(2)22(10-9-21(19)26)34-17-23(30)28-15-24(31)29-13-12-27(33)11-6-5-8-20(27)16-29/h9-10,14,20,33H,3-8,11-13,15-17H2,1-2H3,(H,28,30)/t20-,27+/m0/s1. The smallest absolute Gasteiger partial charge is 0.336 e. The molecule has 2 aliphatic rings. The zero-order valence-electron chi connectivity index (χ0n) is 20.7. The van der Waals surface area contributed by atoms with Gasteiger partial charge in [0.05, 0.1) is 12.1 Å². The second-order valence-electron chi connectivity index (χ2n) is 9.96. The molecule has 2 aromatic rings. The summed E-state index contributed by atoms with van der Waals surface area (Å²) in [7, 11) is 0. The lowest BCUT2D eigenvalue weighted by atomic mass is 9.71. The van der Waals surface area contributed by atoms with Crippen LogP contribution < -0.4 is 15.7 Å². The molecular formula is C27H36N2O6. The summed E-state index contributed by atoms with van der Waals surface area (Å²) in [5, 5.41) is 14.3. The molecule has 0 spiro atoms. The number of aliphatic hydroxyl groups is 1. The highest BCUT2D eigenvalue weighted by atomic mass is 16.5. The second-order valence-corrected chi connectivity index (χ2v) is 9.96. The van der Waals surface area contributed by atoms with E-state index in [0.717, 1.165) is 55.9 Å². The number of nitrogens with zero attached hydrogens (tertiary/aromatic N) is 1. The molecule has 1 saturated heterocycles. The van der Waals surface area contributed by atoms with E-state index >= 15 is 0 Å². The normalized spacial score (nSPS) is 22.0. The third-order valence-corrected chi connectivity index (χ3v) is 7.57. The average molecular weight is 485 g/mol. The monoisotopic (exact) mass is 484 g/mol. The van der Waals surface area contributed by atoms with Crippen molar-refractivity contribution in [1.82, 2.24) is 10.2 Å². The number of hydrogen-bond acceptors (Lipinski definition) is 6. The molecule has 1 aliphatic carbocycles. The Hall–Kier alpha value is -2.87. The summed E-state index contributed by atoms with van der Waals surface area (Å²) in [6.45, 7) is 4.62. The van der Waals surface area contributed by atoms with Gasteiger partial charge in [-0.25, -0.2) is 4.79 Å². The van der Waals surface area contributed by atoms with Crippen molar-refractivity contribution < 1.29 is 23.8 Å². The number of hydrogen-bond donors (Lipinski definition) is 2. The summed E-state index contributed by atoms with van der Waals surface area (Å²) in [4.78, 5) is 38.8. The molecule has 0 bridgehead atoms. The van der Waals surface area contributed by atoms with Gasteiger partial charge in [0.2, 0.25) is 5.91 Å². The number of likely N-dealkylation sites (tertiary alicyclic amines) is 1. The van der Waals surface area contributed by atoms with Gasteiger partial charge in [0, 0.05) is 36.0 Å². The summed E-state index contributed by atoms with van der Waals surface area (Å²) in [5.41, 5.74) is 1.05. The Morgan fingerprint density at radius 1 is 1.29 bits per heavy atom. The van der Waals surface area contributed by atoms with Crippen molar-refractivity contribution in [2.24, 2.45) is 5.92 Å². The molecule has 8 nitrogen and oxygen atoms in total. The molecule has 8 heteroatoms. The van der Waals surface area contributed by atoms with Gasteiger partial charge in [-0.05, 0) is 56.7 Å². The zero-order valence-corrected chi connectivity index (χ0v) is 20.7. The molecule has 0 radical (unpaired) electrons. The van der Waals surface area contributed by atoms with Crippen LogP contribution >= 0.6 is 0 Å². The van der Waals surface area contributed by atoms with Crippen molar-refractivity contribution in [3.05, 3.63) is 39.7 Å². The number of amides is 2. The van der Waals surface area contributed by atoms with E-state index in [0.29, 0.717) is 36.4 Å². The Bertz CT molecular complexity index is 1140. The minimum Gasteiger partial charge on any atom is -0.483 e. The maximum Gasteiger partial charge on any atom is 0.336 e. The number of aryl methyl sites for hydroxylation is 2. The maximum atomic E-state index is 12.6. The first-order chi connectivity index (χ1) is 16.8. The van der Waals surface area contributed by atoms with Crippen molar-refractivity contribution in [3.63, 3.8) is 0 Å². The maximum absolute atomic E-state index is 12.6. The van der Waals surface area contributed by atoms with Crippen LogP contribution in [0.25, 0.3) is 11.0 Å². The van der Waals surface area contributed by atoms with E-state index in [-0.39, 0.29) is 25.0 Å². The molecule has 2 amide bonds. The van der Waals surface area contributed by atoms with E-state index in [4.69, 9.17) is 9.15 Å². The van der Waals surface area contributed by atoms with E-state index in [1.54, 1.807) is 24.0 Å². The zero-order chi connectivity index (χ0) is 25.0. The molecule has 2 heterocycles. The average Bonchev–Trinajstić information content (AvgIpc) is 2.85. The number of unbranched alkanes of at least 4 members (excludes halogenated alkanes) is 1. The summed E-state index contributed by atoms with van der Waals surface area (Å²) in [6, 6.07) is 5.18. The predicted octanol–water partition coefficient (Wildman–Crippen LogP) is 3.09. The molecule has 4 rings (SSSR count). The molecule has 35 heavy (non-hydrogen) atoms. The lowest BCUT2D eigenvalue weighted by molar-refractivity contribution is -0.143. The number of ether oxygens (including phenoxy) is 1. The molecule has 2 atom stereocenters. The first-order valence-corrected chi connectivity index (χ1v) is 12.8. The second kappa shape index (κ2) is 10.8. The molecule has 0 unspecified atom stereocenters. The minimum atomic E-state index is -0.639. The van der Waals surface area contributed by atoms with Gasteiger partial charge >= 0.3 is 5.63 Å². The van der Waals surface area contributed by atoms with Crippen molar-refractivity contribution >= 4 is 22.8 Å². The minimum absolute atomic E-state index is 0.0975. The van der Waals surface area contributed by atoms with Crippen LogP contribution in [0, 0.1) is 12.8 Å². The van der Waals surface area contributed by atoms with Crippen molar-refractivity contribution in [2.75, 3.05) is 26.2 Å². The Kier molecular flexibility index (Phi) is 7.79. The van der Waals surface area contributed by atoms with E-state index in [1.165, 1.54) is 0 Å². The Balaban J connectivity index is 1.31. The highest BCUT2D eigenvalue weighted by Gasteiger charge is 2.43. The number of carbonyl (C=O) groups excluding carboxylic acids is 2. The van der Waals surface area contributed by atoms with Gasteiger partial charge in [0.15, 0.2) is 6.61 Å². The van der Waals surface area contributed by atoms with Crippen LogP contribution in [0.1, 0.15) is 63.0 Å². The number of fused-ring (bicyclic) bond motifs is 2. The van der Waals surface area contributed by atoms with E-state index in [1.807, 2.05) is 6.07 Å². The molecule has 2 N–H and O–H groups in total. The molecule has 1 aliphatic heterocycles. The van der Waals surface area contributed by atoms with Gasteiger partial charge in [-0.15, -0.1) is 0 Å². The summed E-state index contributed by atoms with van der Waals surface area (Å²) >= 11 is 0. The number of carbonyl (C=O) groups is 2. The van der Waals surface area contributed by atoms with Gasteiger partial charge in [-0.1, -0.05) is 26.2 Å². The van der Waals surface area contributed by atoms with Crippen LogP contribution in [-0.4, -0.2) is 53.7 Å². The topological polar surface area (TPSA) is 109 Å². The summed E-state index contributed by atoms with van der Waals surface area (Å²) in [6.07, 6.45) is 7.27. The summed E-state index contributed by atoms with van der Waals surface area (Å²) < 4.78 is 11.1. The quantitative estimate of drug-likeness (QED) is 0.558. The Labute approximate surface area is 205 Å². The largest absolute Gasteiger partial charge is 0.483 e.